The number of nitrogens with zero attached hydrogens (tertiary/aromatic N) is 4. The van der Waals surface area contributed by atoms with Gasteiger partial charge in [-0.25, -0.2) is 19.6 Å². The van der Waals surface area contributed by atoms with Gasteiger partial charge in [0.1, 0.15) is 23.7 Å². The molecule has 2 saturated heterocycles. The number of hydrogen-bond acceptors (Lipinski definition) is 8. The van der Waals surface area contributed by atoms with Crippen LogP contribution in [0.3, 0.4) is 0 Å². The standard InChI is InChI=1S/C55H66N8O6/c1-31(2)48(60-54(66)68-6)52(64)62-24-10-8-12-46(62)50-56-42-22-20-38(29-44(42)58-50)40-27-34-14-16-35-18-19-36(33(5)26-37(40)17-15-34)28-41(35)39-21-23-43-45(30-39)59-51(57-43)47-13-9-11-25-63(47)53(65)49(32(3)4)61-55(67)69-7/h15,17-23,27-33,46-49H,8-14,16,24-26H2,1-7H3,(H,56,58)(H,57,59)(H,60,66)(H,61,67)/t33-,46+,47+,48+,49+/m1/s1. The fraction of sp³-hybridized carbons (Fsp3) is 0.455. The number of imidazole rings is 2. The van der Waals surface area contributed by atoms with Gasteiger partial charge in [0.05, 0.1) is 48.4 Å². The van der Waals surface area contributed by atoms with Gasteiger partial charge >= 0.3 is 12.2 Å². The molecule has 6 aliphatic rings. The molecule has 2 aliphatic heterocycles. The molecule has 2 aromatic heterocycles. The molecule has 4 aliphatic carbocycles. The molecule has 4 heterocycles. The molecule has 0 radical (unpaired) electrons. The molecule has 4 amide bonds. The number of hydrogen-bond donors (Lipinski definition) is 4. The van der Waals surface area contributed by atoms with Crippen LogP contribution in [-0.4, -0.2) is 93.1 Å². The topological polar surface area (TPSA) is 175 Å². The summed E-state index contributed by atoms with van der Waals surface area (Å²) < 4.78 is 9.70. The summed E-state index contributed by atoms with van der Waals surface area (Å²) in [6.45, 7) is 11.2. The van der Waals surface area contributed by atoms with Crippen molar-refractivity contribution >= 4 is 46.1 Å². The minimum absolute atomic E-state index is 0.114. The van der Waals surface area contributed by atoms with Gasteiger partial charge in [0.25, 0.3) is 0 Å². The lowest BCUT2D eigenvalue weighted by atomic mass is 9.84. The summed E-state index contributed by atoms with van der Waals surface area (Å²) in [6, 6.07) is 25.0. The first-order valence-electron chi connectivity index (χ1n) is 24.8. The maximum absolute atomic E-state index is 14.0. The number of amides is 4. The third-order valence-corrected chi connectivity index (χ3v) is 14.7. The highest BCUT2D eigenvalue weighted by Gasteiger charge is 2.38. The SMILES string of the molecule is COC(=O)N[C@H](C(=O)N1CCCC[C@H]1c1nc2ccc(-c3cc4ccc3CCc3ccc(c(-c5ccc6nc([C@@H]7CCCCN7C(=O)[C@@H](NC(=O)OC)C(C)C)[nH]c6c5)c3)C[C@H]4C)cc2[nH]1)C(C)C. The number of alkyl carbamates (subject to hydrolysis) is 2. The molecule has 4 N–H and O–H groups in total. The largest absolute Gasteiger partial charge is 0.453 e. The third-order valence-electron chi connectivity index (χ3n) is 14.7. The molecule has 4 aromatic carbocycles. The molecular formula is C55H66N8O6. The first-order chi connectivity index (χ1) is 33.3. The maximum atomic E-state index is 14.0. The molecule has 0 unspecified atom stereocenters. The van der Waals surface area contributed by atoms with Gasteiger partial charge in [-0.2, -0.15) is 0 Å². The van der Waals surface area contributed by atoms with Gasteiger partial charge in [-0.05, 0) is 144 Å². The van der Waals surface area contributed by atoms with E-state index in [1.165, 1.54) is 47.6 Å². The van der Waals surface area contributed by atoms with Crippen molar-refractivity contribution in [2.24, 2.45) is 11.8 Å². The van der Waals surface area contributed by atoms with Gasteiger partial charge in [-0.15, -0.1) is 0 Å². The van der Waals surface area contributed by atoms with Gasteiger partial charge < -0.3 is 39.9 Å². The molecule has 2 fully saturated rings. The second kappa shape index (κ2) is 20.1. The van der Waals surface area contributed by atoms with Crippen LogP contribution in [0.4, 0.5) is 9.59 Å². The normalized spacial score (nSPS) is 19.3. The van der Waals surface area contributed by atoms with E-state index >= 15 is 0 Å². The van der Waals surface area contributed by atoms with Crippen LogP contribution in [0.5, 0.6) is 0 Å². The Kier molecular flexibility index (Phi) is 13.8. The van der Waals surface area contributed by atoms with Crippen molar-refractivity contribution in [1.29, 1.82) is 0 Å². The number of rotatable bonds is 10. The smallest absolute Gasteiger partial charge is 0.407 e. The van der Waals surface area contributed by atoms with E-state index in [2.05, 4.69) is 100 Å². The molecule has 69 heavy (non-hydrogen) atoms. The molecule has 14 heteroatoms. The second-order valence-corrected chi connectivity index (χ2v) is 20.0. The van der Waals surface area contributed by atoms with Gasteiger partial charge in [-0.1, -0.05) is 83.1 Å². The Labute approximate surface area is 404 Å². The number of aromatic nitrogens is 4. The Balaban J connectivity index is 0.967. The van der Waals surface area contributed by atoms with Gasteiger partial charge in [0.2, 0.25) is 11.8 Å². The number of ether oxygens (including phenoxy) is 2. The average molecular weight is 935 g/mol. The van der Waals surface area contributed by atoms with Crippen molar-refractivity contribution < 1.29 is 28.7 Å². The minimum Gasteiger partial charge on any atom is -0.453 e. The van der Waals surface area contributed by atoms with E-state index in [4.69, 9.17) is 19.4 Å². The van der Waals surface area contributed by atoms with Crippen LogP contribution in [0.2, 0.25) is 0 Å². The third kappa shape index (κ3) is 9.80. The summed E-state index contributed by atoms with van der Waals surface area (Å²) in [5.74, 6) is 1.29. The van der Waals surface area contributed by atoms with Gasteiger partial charge in [0.15, 0.2) is 0 Å². The Morgan fingerprint density at radius 1 is 0.623 bits per heavy atom. The molecule has 6 aromatic rings. The summed E-state index contributed by atoms with van der Waals surface area (Å²) >= 11 is 0. The molecule has 0 saturated carbocycles. The van der Waals surface area contributed by atoms with Crippen LogP contribution in [0, 0.1) is 11.8 Å². The number of piperidine rings is 2. The van der Waals surface area contributed by atoms with Crippen molar-refractivity contribution in [3.05, 3.63) is 107 Å². The Morgan fingerprint density at radius 2 is 1.13 bits per heavy atom. The Morgan fingerprint density at radius 3 is 1.64 bits per heavy atom. The van der Waals surface area contributed by atoms with Crippen LogP contribution >= 0.6 is 0 Å². The van der Waals surface area contributed by atoms with E-state index in [9.17, 15) is 19.2 Å². The number of aryl methyl sites for hydroxylation is 2. The van der Waals surface area contributed by atoms with Crippen LogP contribution in [0.15, 0.2) is 72.8 Å². The van der Waals surface area contributed by atoms with E-state index in [1.807, 2.05) is 37.5 Å². The Hall–Kier alpha value is -6.70. The zero-order valence-electron chi connectivity index (χ0n) is 41.0. The number of H-pyrrole nitrogens is 2. The van der Waals surface area contributed by atoms with Gasteiger partial charge in [0, 0.05) is 13.1 Å². The summed E-state index contributed by atoms with van der Waals surface area (Å²) in [5, 5.41) is 5.53. The van der Waals surface area contributed by atoms with Crippen LogP contribution in [0.25, 0.3) is 44.3 Å². The molecule has 5 atom stereocenters. The van der Waals surface area contributed by atoms with E-state index in [-0.39, 0.29) is 41.7 Å². The monoisotopic (exact) mass is 935 g/mol. The number of carbonyl (C=O) groups is 4. The summed E-state index contributed by atoms with van der Waals surface area (Å²) in [7, 11) is 2.62. The summed E-state index contributed by atoms with van der Waals surface area (Å²) in [6.07, 6.45) is 6.67. The maximum Gasteiger partial charge on any atom is 0.407 e. The fourth-order valence-corrected chi connectivity index (χ4v) is 10.8. The van der Waals surface area contributed by atoms with E-state index in [1.54, 1.807) is 0 Å². The van der Waals surface area contributed by atoms with Crippen molar-refractivity contribution in [2.75, 3.05) is 27.3 Å². The molecule has 362 valence electrons. The quantitative estimate of drug-likeness (QED) is 0.105. The predicted octanol–water partition coefficient (Wildman–Crippen LogP) is 10.1. The fourth-order valence-electron chi connectivity index (χ4n) is 10.8. The first kappa shape index (κ1) is 47.4. The highest BCUT2D eigenvalue weighted by molar-refractivity contribution is 5.88. The predicted molar refractivity (Wildman–Crippen MR) is 268 cm³/mol. The van der Waals surface area contributed by atoms with E-state index in [0.29, 0.717) is 13.1 Å². The second-order valence-electron chi connectivity index (χ2n) is 20.0. The zero-order valence-corrected chi connectivity index (χ0v) is 41.0. The molecule has 0 spiro atoms. The van der Waals surface area contributed by atoms with E-state index in [0.717, 1.165) is 103 Å². The number of aromatic amines is 2. The number of benzene rings is 4. The van der Waals surface area contributed by atoms with E-state index < -0.39 is 24.3 Å². The molecule has 4 bridgehead atoms. The zero-order chi connectivity index (χ0) is 48.5. The van der Waals surface area contributed by atoms with Crippen molar-refractivity contribution in [1.82, 2.24) is 40.4 Å². The number of nitrogens with one attached hydrogen (secondary N) is 4. The number of likely N-dealkylation sites (tertiary alicyclic amines) is 2. The van der Waals surface area contributed by atoms with Crippen molar-refractivity contribution in [3.63, 3.8) is 0 Å². The summed E-state index contributed by atoms with van der Waals surface area (Å²) in [4.78, 5) is 73.5. The highest BCUT2D eigenvalue weighted by Crippen LogP contribution is 2.39. The average Bonchev–Trinajstić information content (AvgIpc) is 4.00. The lowest BCUT2D eigenvalue weighted by molar-refractivity contribution is -0.139. The number of methoxy groups -OCH3 is 2. The van der Waals surface area contributed by atoms with Crippen molar-refractivity contribution in [3.8, 4) is 22.3 Å². The lowest BCUT2D eigenvalue weighted by Crippen LogP contribution is -2.53. The Bertz CT molecular complexity index is 2880. The number of carbonyl (C=O) groups excluding carboxylic acids is 4. The van der Waals surface area contributed by atoms with Crippen LogP contribution in [0.1, 0.15) is 125 Å². The van der Waals surface area contributed by atoms with Crippen LogP contribution < -0.4 is 10.6 Å². The van der Waals surface area contributed by atoms with Gasteiger partial charge in [-0.3, -0.25) is 9.59 Å². The van der Waals surface area contributed by atoms with Crippen LogP contribution in [-0.2, 0) is 38.3 Å². The van der Waals surface area contributed by atoms with Crippen molar-refractivity contribution in [2.45, 2.75) is 122 Å². The lowest BCUT2D eigenvalue weighted by Gasteiger charge is -2.37. The first-order valence-corrected chi connectivity index (χ1v) is 24.8. The molecular weight excluding hydrogens is 869 g/mol. The minimum atomic E-state index is -0.699. The highest BCUT2D eigenvalue weighted by atomic mass is 16.5. The number of fused-ring (bicyclic) bond motifs is 2. The molecule has 12 rings (SSSR count). The summed E-state index contributed by atoms with van der Waals surface area (Å²) in [5.41, 5.74) is 13.3. The molecule has 14 nitrogen and oxygen atoms in total.